The zero-order valence-corrected chi connectivity index (χ0v) is 21.2. The molecule has 3 aromatic heterocycles. The van der Waals surface area contributed by atoms with E-state index in [1.807, 2.05) is 32.9 Å². The first-order valence-electron chi connectivity index (χ1n) is 12.0. The molecule has 1 fully saturated rings. The Balaban J connectivity index is 1.33. The van der Waals surface area contributed by atoms with Gasteiger partial charge in [0.15, 0.2) is 0 Å². The van der Waals surface area contributed by atoms with E-state index in [-0.39, 0.29) is 17.0 Å². The Kier molecular flexibility index (Phi) is 6.03. The van der Waals surface area contributed by atoms with E-state index in [0.717, 1.165) is 30.9 Å². The minimum Gasteiger partial charge on any atom is -0.368 e. The van der Waals surface area contributed by atoms with Gasteiger partial charge in [0.05, 0.1) is 11.4 Å². The summed E-state index contributed by atoms with van der Waals surface area (Å²) in [6.45, 7) is 10.6. The molecule has 36 heavy (non-hydrogen) atoms. The van der Waals surface area contributed by atoms with Crippen LogP contribution in [0.2, 0.25) is 0 Å². The van der Waals surface area contributed by atoms with Crippen molar-refractivity contribution in [3.8, 4) is 22.8 Å². The SMILES string of the molecule is C[C@@H]1CN(c2ccc(-c3noc(C(C)(C)C)n3)cc2)CCN1c1nc(-c2ccncn2)cc(=O)n1C. The fraction of sp³-hybridized carbons (Fsp3) is 0.385. The van der Waals surface area contributed by atoms with Crippen LogP contribution in [0.5, 0.6) is 0 Å². The number of hydrogen-bond donors (Lipinski definition) is 0. The molecule has 4 heterocycles. The van der Waals surface area contributed by atoms with Crippen molar-refractivity contribution < 1.29 is 4.52 Å². The molecule has 0 spiro atoms. The fourth-order valence-electron chi connectivity index (χ4n) is 4.31. The van der Waals surface area contributed by atoms with Gasteiger partial charge in [-0.15, -0.1) is 0 Å². The van der Waals surface area contributed by atoms with Crippen LogP contribution in [0.3, 0.4) is 0 Å². The molecule has 186 valence electrons. The van der Waals surface area contributed by atoms with Gasteiger partial charge in [0, 0.05) is 61.7 Å². The standard InChI is InChI=1S/C26H30N8O2/c1-17-15-33(19-8-6-18(7-9-19)23-30-24(36-31-23)26(2,3)4)12-13-34(17)25-29-21(14-22(35)32(25)5)20-10-11-27-16-28-20/h6-11,14,16-17H,12-13,15H2,1-5H3/t17-/m1/s1. The maximum Gasteiger partial charge on any atom is 0.255 e. The van der Waals surface area contributed by atoms with E-state index in [0.29, 0.717) is 29.1 Å². The lowest BCUT2D eigenvalue weighted by atomic mass is 9.97. The van der Waals surface area contributed by atoms with Crippen LogP contribution in [-0.2, 0) is 12.5 Å². The summed E-state index contributed by atoms with van der Waals surface area (Å²) in [5, 5.41) is 4.15. The topological polar surface area (TPSA) is 106 Å². The van der Waals surface area contributed by atoms with Gasteiger partial charge in [-0.3, -0.25) is 9.36 Å². The fourth-order valence-corrected chi connectivity index (χ4v) is 4.31. The monoisotopic (exact) mass is 486 g/mol. The highest BCUT2D eigenvalue weighted by atomic mass is 16.5. The first-order valence-corrected chi connectivity index (χ1v) is 12.0. The minimum atomic E-state index is -0.187. The molecule has 1 atom stereocenters. The molecular formula is C26H30N8O2. The Morgan fingerprint density at radius 3 is 2.44 bits per heavy atom. The van der Waals surface area contributed by atoms with Gasteiger partial charge in [0.25, 0.3) is 5.56 Å². The molecule has 0 saturated carbocycles. The molecule has 5 rings (SSSR count). The predicted molar refractivity (Wildman–Crippen MR) is 138 cm³/mol. The van der Waals surface area contributed by atoms with Gasteiger partial charge >= 0.3 is 0 Å². The normalized spacial score (nSPS) is 16.4. The second kappa shape index (κ2) is 9.18. The van der Waals surface area contributed by atoms with Crippen LogP contribution < -0.4 is 15.4 Å². The van der Waals surface area contributed by atoms with Crippen LogP contribution in [0.4, 0.5) is 11.6 Å². The Hall–Kier alpha value is -4.08. The molecule has 1 aromatic carbocycles. The van der Waals surface area contributed by atoms with Crippen LogP contribution in [-0.4, -0.2) is 55.3 Å². The average molecular weight is 487 g/mol. The van der Waals surface area contributed by atoms with E-state index in [4.69, 9.17) is 9.51 Å². The molecule has 1 aliphatic rings. The van der Waals surface area contributed by atoms with E-state index in [1.54, 1.807) is 23.9 Å². The van der Waals surface area contributed by atoms with Crippen LogP contribution in [0, 0.1) is 0 Å². The second-order valence-electron chi connectivity index (χ2n) is 10.1. The lowest BCUT2D eigenvalue weighted by Gasteiger charge is -2.42. The Morgan fingerprint density at radius 2 is 1.81 bits per heavy atom. The quantitative estimate of drug-likeness (QED) is 0.429. The molecule has 10 heteroatoms. The van der Waals surface area contributed by atoms with Crippen molar-refractivity contribution in [3.05, 3.63) is 65.2 Å². The Labute approximate surface area is 209 Å². The number of piperazine rings is 1. The summed E-state index contributed by atoms with van der Waals surface area (Å²) in [5.41, 5.74) is 2.93. The van der Waals surface area contributed by atoms with E-state index in [1.165, 1.54) is 12.4 Å². The molecule has 0 amide bonds. The zero-order chi connectivity index (χ0) is 25.4. The summed E-state index contributed by atoms with van der Waals surface area (Å²) in [6, 6.07) is 11.7. The van der Waals surface area contributed by atoms with Gasteiger partial charge in [-0.2, -0.15) is 4.98 Å². The van der Waals surface area contributed by atoms with Crippen molar-refractivity contribution in [2.45, 2.75) is 39.2 Å². The maximum atomic E-state index is 12.7. The van der Waals surface area contributed by atoms with Crippen molar-refractivity contribution in [3.63, 3.8) is 0 Å². The van der Waals surface area contributed by atoms with Crippen LogP contribution in [0.25, 0.3) is 22.8 Å². The summed E-state index contributed by atoms with van der Waals surface area (Å²) < 4.78 is 7.04. The molecule has 4 aromatic rings. The number of anilines is 2. The van der Waals surface area contributed by atoms with Gasteiger partial charge in [0.2, 0.25) is 17.7 Å². The van der Waals surface area contributed by atoms with Crippen molar-refractivity contribution in [1.29, 1.82) is 0 Å². The highest BCUT2D eigenvalue weighted by molar-refractivity contribution is 5.61. The molecule has 0 aliphatic carbocycles. The maximum absolute atomic E-state index is 12.7. The highest BCUT2D eigenvalue weighted by Gasteiger charge is 2.28. The van der Waals surface area contributed by atoms with Crippen LogP contribution in [0.15, 0.2) is 58.2 Å². The van der Waals surface area contributed by atoms with Crippen molar-refractivity contribution >= 4 is 11.6 Å². The van der Waals surface area contributed by atoms with E-state index < -0.39 is 0 Å². The molecule has 0 radical (unpaired) electrons. The third-order valence-corrected chi connectivity index (χ3v) is 6.40. The first-order chi connectivity index (χ1) is 17.2. The minimum absolute atomic E-state index is 0.116. The molecule has 0 N–H and O–H groups in total. The van der Waals surface area contributed by atoms with E-state index >= 15 is 0 Å². The Bertz CT molecular complexity index is 1410. The first kappa shape index (κ1) is 23.7. The lowest BCUT2D eigenvalue weighted by Crippen LogP contribution is -2.53. The average Bonchev–Trinajstić information content (AvgIpc) is 3.38. The number of aromatic nitrogens is 6. The number of hydrogen-bond acceptors (Lipinski definition) is 9. The predicted octanol–water partition coefficient (Wildman–Crippen LogP) is 3.30. The number of benzene rings is 1. The third-order valence-electron chi connectivity index (χ3n) is 6.40. The summed E-state index contributed by atoms with van der Waals surface area (Å²) in [5.74, 6) is 1.86. The Morgan fingerprint density at radius 1 is 1.03 bits per heavy atom. The van der Waals surface area contributed by atoms with E-state index in [2.05, 4.69) is 49.0 Å². The van der Waals surface area contributed by atoms with Crippen LogP contribution in [0.1, 0.15) is 33.6 Å². The van der Waals surface area contributed by atoms with Gasteiger partial charge in [-0.1, -0.05) is 25.9 Å². The van der Waals surface area contributed by atoms with Crippen LogP contribution >= 0.6 is 0 Å². The summed E-state index contributed by atoms with van der Waals surface area (Å²) in [6.07, 6.45) is 3.11. The molecule has 0 bridgehead atoms. The number of nitrogens with zero attached hydrogens (tertiary/aromatic N) is 8. The molecular weight excluding hydrogens is 456 g/mol. The summed E-state index contributed by atoms with van der Waals surface area (Å²) in [4.78, 5) is 34.8. The zero-order valence-electron chi connectivity index (χ0n) is 21.2. The van der Waals surface area contributed by atoms with Gasteiger partial charge < -0.3 is 14.3 Å². The lowest BCUT2D eigenvalue weighted by molar-refractivity contribution is 0.321. The summed E-state index contributed by atoms with van der Waals surface area (Å²) in [7, 11) is 1.76. The molecule has 0 unspecified atom stereocenters. The summed E-state index contributed by atoms with van der Waals surface area (Å²) >= 11 is 0. The highest BCUT2D eigenvalue weighted by Crippen LogP contribution is 2.27. The van der Waals surface area contributed by atoms with Gasteiger partial charge in [-0.25, -0.2) is 15.0 Å². The molecule has 10 nitrogen and oxygen atoms in total. The van der Waals surface area contributed by atoms with Gasteiger partial charge in [0.1, 0.15) is 6.33 Å². The smallest absolute Gasteiger partial charge is 0.255 e. The van der Waals surface area contributed by atoms with Crippen molar-refractivity contribution in [2.75, 3.05) is 29.4 Å². The largest absolute Gasteiger partial charge is 0.368 e. The second-order valence-corrected chi connectivity index (χ2v) is 10.1. The van der Waals surface area contributed by atoms with E-state index in [9.17, 15) is 4.79 Å². The molecule has 1 saturated heterocycles. The van der Waals surface area contributed by atoms with Crippen molar-refractivity contribution in [1.82, 2.24) is 29.7 Å². The molecule has 1 aliphatic heterocycles. The van der Waals surface area contributed by atoms with Crippen molar-refractivity contribution in [2.24, 2.45) is 7.05 Å². The number of rotatable bonds is 4. The van der Waals surface area contributed by atoms with Gasteiger partial charge in [-0.05, 0) is 37.3 Å². The third kappa shape index (κ3) is 4.58.